The highest BCUT2D eigenvalue weighted by molar-refractivity contribution is 7.85. The molecule has 2 rings (SSSR count). The van der Waals surface area contributed by atoms with E-state index >= 15 is 0 Å². The van der Waals surface area contributed by atoms with Crippen molar-refractivity contribution < 1.29 is 17.8 Å². The minimum Gasteiger partial charge on any atom is -0.300 e. The summed E-state index contributed by atoms with van der Waals surface area (Å²) < 4.78 is 29.6. The maximum Gasteiger partial charge on any atom is 0.294 e. The highest BCUT2D eigenvalue weighted by Crippen LogP contribution is 2.10. The van der Waals surface area contributed by atoms with E-state index < -0.39 is 10.1 Å². The average Bonchev–Trinajstić information content (AvgIpc) is 2.43. The maximum atomic E-state index is 10.5. The van der Waals surface area contributed by atoms with Gasteiger partial charge in [-0.3, -0.25) is 9.39 Å². The summed E-state index contributed by atoms with van der Waals surface area (Å²) >= 11 is 0. The van der Waals surface area contributed by atoms with Gasteiger partial charge in [-0.15, -0.1) is 0 Å². The molecule has 0 unspecified atom stereocenters. The predicted octanol–water partition coefficient (Wildman–Crippen LogP) is 2.94. The van der Waals surface area contributed by atoms with Gasteiger partial charge in [-0.05, 0) is 49.6 Å². The van der Waals surface area contributed by atoms with E-state index in [2.05, 4.69) is 30.8 Å². The summed E-state index contributed by atoms with van der Waals surface area (Å²) in [5.74, 6) is 4.95. The number of benzene rings is 2. The predicted molar refractivity (Wildman–Crippen MR) is 85.9 cm³/mol. The van der Waals surface area contributed by atoms with Crippen molar-refractivity contribution >= 4 is 10.1 Å². The summed E-state index contributed by atoms with van der Waals surface area (Å²) in [6.45, 7) is 6.49. The molecular weight excluding hydrogens is 302 g/mol. The van der Waals surface area contributed by atoms with Gasteiger partial charge >= 0.3 is 0 Å². The van der Waals surface area contributed by atoms with Crippen molar-refractivity contribution in [3.63, 3.8) is 0 Å². The first-order chi connectivity index (χ1) is 10.2. The third-order valence-corrected chi connectivity index (χ3v) is 4.01. The molecule has 0 aliphatic heterocycles. The number of hydrogen-bond acceptors (Lipinski definition) is 4. The second-order valence-electron chi connectivity index (χ2n) is 5.02. The van der Waals surface area contributed by atoms with E-state index in [1.54, 1.807) is 12.1 Å². The second kappa shape index (κ2) is 8.05. The molecular formula is C16H21NO4S. The fraction of sp³-hybridized carbons (Fsp3) is 0.250. The van der Waals surface area contributed by atoms with Crippen LogP contribution < -0.4 is 5.90 Å². The van der Waals surface area contributed by atoms with E-state index in [0.717, 1.165) is 11.1 Å². The highest BCUT2D eigenvalue weighted by atomic mass is 32.2. The van der Waals surface area contributed by atoms with Crippen LogP contribution in [-0.2, 0) is 21.6 Å². The molecule has 2 aromatic carbocycles. The Bertz CT molecular complexity index is 709. The van der Waals surface area contributed by atoms with Crippen LogP contribution in [0.4, 0.5) is 0 Å². The van der Waals surface area contributed by atoms with Crippen LogP contribution in [0.15, 0.2) is 47.4 Å². The van der Waals surface area contributed by atoms with Crippen molar-refractivity contribution in [1.29, 1.82) is 0 Å². The van der Waals surface area contributed by atoms with Crippen molar-refractivity contribution in [3.05, 3.63) is 64.7 Å². The zero-order chi connectivity index (χ0) is 16.8. The molecule has 0 saturated carbocycles. The fourth-order valence-corrected chi connectivity index (χ4v) is 2.18. The Morgan fingerprint density at radius 2 is 1.59 bits per heavy atom. The zero-order valence-corrected chi connectivity index (χ0v) is 13.7. The molecule has 2 aromatic rings. The molecule has 0 heterocycles. The van der Waals surface area contributed by atoms with Gasteiger partial charge in [0.25, 0.3) is 10.1 Å². The lowest BCUT2D eigenvalue weighted by Gasteiger charge is -2.02. The fourth-order valence-electron chi connectivity index (χ4n) is 1.70. The van der Waals surface area contributed by atoms with Gasteiger partial charge in [0.05, 0.1) is 11.5 Å². The summed E-state index contributed by atoms with van der Waals surface area (Å²) in [7, 11) is -4.02. The largest absolute Gasteiger partial charge is 0.300 e. The molecule has 0 saturated heterocycles. The van der Waals surface area contributed by atoms with Crippen LogP contribution in [0.25, 0.3) is 0 Å². The van der Waals surface area contributed by atoms with Crippen LogP contribution in [0.5, 0.6) is 0 Å². The van der Waals surface area contributed by atoms with Gasteiger partial charge in [-0.2, -0.15) is 8.42 Å². The summed E-state index contributed by atoms with van der Waals surface area (Å²) in [5, 5.41) is 0. The molecule has 0 aliphatic carbocycles. The first kappa shape index (κ1) is 18.3. The van der Waals surface area contributed by atoms with Crippen LogP contribution in [0, 0.1) is 20.8 Å². The van der Waals surface area contributed by atoms with Gasteiger partial charge in [0.2, 0.25) is 0 Å². The molecule has 0 aliphatic rings. The standard InChI is InChI=1S/C9H13NO.C7H8O3S/c1-7-3-4-9(6-11-10)5-8(7)2;1-6-2-4-7(5-3-6)11(8,9)10/h3-5H,6,10H2,1-2H3;2-5H,1H3,(H,8,9,10). The molecule has 6 heteroatoms. The van der Waals surface area contributed by atoms with E-state index in [-0.39, 0.29) is 4.90 Å². The van der Waals surface area contributed by atoms with Gasteiger partial charge in [-0.1, -0.05) is 35.9 Å². The van der Waals surface area contributed by atoms with Gasteiger partial charge in [0, 0.05) is 0 Å². The first-order valence-corrected chi connectivity index (χ1v) is 8.10. The molecule has 120 valence electrons. The van der Waals surface area contributed by atoms with Crippen molar-refractivity contribution in [2.45, 2.75) is 32.3 Å². The highest BCUT2D eigenvalue weighted by Gasteiger charge is 2.06. The summed E-state index contributed by atoms with van der Waals surface area (Å²) in [6.07, 6.45) is 0. The molecule has 22 heavy (non-hydrogen) atoms. The topological polar surface area (TPSA) is 89.6 Å². The summed E-state index contributed by atoms with van der Waals surface area (Å²) in [6, 6.07) is 12.2. The monoisotopic (exact) mass is 323 g/mol. The van der Waals surface area contributed by atoms with Crippen LogP contribution in [0.1, 0.15) is 22.3 Å². The van der Waals surface area contributed by atoms with Crippen LogP contribution in [-0.4, -0.2) is 13.0 Å². The smallest absolute Gasteiger partial charge is 0.294 e. The van der Waals surface area contributed by atoms with E-state index in [0.29, 0.717) is 6.61 Å². The summed E-state index contributed by atoms with van der Waals surface area (Å²) in [5.41, 5.74) is 4.65. The van der Waals surface area contributed by atoms with Gasteiger partial charge in [-0.25, -0.2) is 5.90 Å². The number of nitrogens with two attached hydrogens (primary N) is 1. The lowest BCUT2D eigenvalue weighted by molar-refractivity contribution is 0.124. The Balaban J connectivity index is 0.000000220. The lowest BCUT2D eigenvalue weighted by Crippen LogP contribution is -1.99. The lowest BCUT2D eigenvalue weighted by atomic mass is 10.1. The molecule has 0 amide bonds. The van der Waals surface area contributed by atoms with Gasteiger partial charge in [0.1, 0.15) is 0 Å². The minimum absolute atomic E-state index is 0.0666. The molecule has 3 N–H and O–H groups in total. The first-order valence-electron chi connectivity index (χ1n) is 6.66. The molecule has 0 bridgehead atoms. The third-order valence-electron chi connectivity index (χ3n) is 3.14. The Hall–Kier alpha value is -1.73. The Morgan fingerprint density at radius 3 is 2.05 bits per heavy atom. The number of hydrogen-bond donors (Lipinski definition) is 2. The van der Waals surface area contributed by atoms with Crippen LogP contribution in [0.3, 0.4) is 0 Å². The molecule has 0 fully saturated rings. The molecule has 5 nitrogen and oxygen atoms in total. The number of aryl methyl sites for hydroxylation is 3. The molecule has 0 spiro atoms. The molecule has 0 radical (unpaired) electrons. The molecule has 0 atom stereocenters. The van der Waals surface area contributed by atoms with Crippen molar-refractivity contribution in [2.75, 3.05) is 0 Å². The Kier molecular flexibility index (Phi) is 6.70. The zero-order valence-electron chi connectivity index (χ0n) is 12.9. The Morgan fingerprint density at radius 1 is 1.00 bits per heavy atom. The van der Waals surface area contributed by atoms with Gasteiger partial charge < -0.3 is 0 Å². The minimum atomic E-state index is -4.02. The van der Waals surface area contributed by atoms with E-state index in [1.807, 2.05) is 13.0 Å². The van der Waals surface area contributed by atoms with E-state index in [4.69, 9.17) is 10.4 Å². The quantitative estimate of drug-likeness (QED) is 0.669. The van der Waals surface area contributed by atoms with Crippen molar-refractivity contribution in [2.24, 2.45) is 5.90 Å². The summed E-state index contributed by atoms with van der Waals surface area (Å²) in [4.78, 5) is 4.46. The Labute approximate surface area is 131 Å². The number of rotatable bonds is 3. The average molecular weight is 323 g/mol. The van der Waals surface area contributed by atoms with Gasteiger partial charge in [0.15, 0.2) is 0 Å². The van der Waals surface area contributed by atoms with E-state index in [1.165, 1.54) is 23.3 Å². The van der Waals surface area contributed by atoms with Crippen molar-refractivity contribution in [1.82, 2.24) is 0 Å². The normalized spacial score (nSPS) is 10.8. The van der Waals surface area contributed by atoms with Crippen LogP contribution in [0.2, 0.25) is 0 Å². The third kappa shape index (κ3) is 5.95. The van der Waals surface area contributed by atoms with Crippen LogP contribution >= 0.6 is 0 Å². The molecule has 0 aromatic heterocycles. The van der Waals surface area contributed by atoms with Crippen molar-refractivity contribution in [3.8, 4) is 0 Å². The SMILES string of the molecule is Cc1ccc(CON)cc1C.Cc1ccc(S(=O)(=O)O)cc1. The second-order valence-corrected chi connectivity index (χ2v) is 6.44. The van der Waals surface area contributed by atoms with E-state index in [9.17, 15) is 8.42 Å². The maximum absolute atomic E-state index is 10.5.